The molecule has 0 saturated carbocycles. The molecule has 16 heavy (non-hydrogen) atoms. The lowest BCUT2D eigenvalue weighted by molar-refractivity contribution is 0.0856. The minimum atomic E-state index is -3.58. The standard InChI is InChI=1S/C10H13O5P/c1-13-16(12,14-2)15-8-10(11)9-6-4-3-5-7-9/h3-7H,8H2,1-2H3. The molecule has 0 bridgehead atoms. The molecule has 5 nitrogen and oxygen atoms in total. The van der Waals surface area contributed by atoms with Crippen LogP contribution in [0.2, 0.25) is 0 Å². The van der Waals surface area contributed by atoms with Gasteiger partial charge in [0, 0.05) is 19.8 Å². The van der Waals surface area contributed by atoms with E-state index in [2.05, 4.69) is 9.05 Å². The number of hydrogen-bond acceptors (Lipinski definition) is 5. The quantitative estimate of drug-likeness (QED) is 0.567. The van der Waals surface area contributed by atoms with Gasteiger partial charge in [-0.05, 0) is 0 Å². The first-order valence-corrected chi connectivity index (χ1v) is 6.01. The molecule has 0 aromatic heterocycles. The van der Waals surface area contributed by atoms with Crippen LogP contribution in [0.15, 0.2) is 30.3 Å². The van der Waals surface area contributed by atoms with Gasteiger partial charge in [-0.1, -0.05) is 30.3 Å². The second-order valence-corrected chi connectivity index (χ2v) is 4.76. The van der Waals surface area contributed by atoms with Gasteiger partial charge in [-0.15, -0.1) is 0 Å². The molecular weight excluding hydrogens is 231 g/mol. The first kappa shape index (κ1) is 13.1. The summed E-state index contributed by atoms with van der Waals surface area (Å²) < 4.78 is 25.3. The van der Waals surface area contributed by atoms with E-state index < -0.39 is 7.82 Å². The van der Waals surface area contributed by atoms with Crippen molar-refractivity contribution in [2.24, 2.45) is 0 Å². The zero-order chi connectivity index (χ0) is 12.0. The van der Waals surface area contributed by atoms with Gasteiger partial charge in [0.2, 0.25) is 0 Å². The van der Waals surface area contributed by atoms with Gasteiger partial charge >= 0.3 is 7.82 Å². The summed E-state index contributed by atoms with van der Waals surface area (Å²) >= 11 is 0. The van der Waals surface area contributed by atoms with Crippen molar-refractivity contribution < 1.29 is 22.9 Å². The Bertz CT molecular complexity index is 381. The largest absolute Gasteiger partial charge is 0.474 e. The van der Waals surface area contributed by atoms with Crippen LogP contribution in [0.4, 0.5) is 0 Å². The van der Waals surface area contributed by atoms with Gasteiger partial charge in [0.15, 0.2) is 5.78 Å². The number of rotatable bonds is 6. The topological polar surface area (TPSA) is 61.8 Å². The van der Waals surface area contributed by atoms with Gasteiger partial charge in [0.1, 0.15) is 6.61 Å². The maximum Gasteiger partial charge on any atom is 0.474 e. The molecule has 0 aliphatic carbocycles. The Hall–Kier alpha value is -1.00. The minimum absolute atomic E-state index is 0.282. The van der Waals surface area contributed by atoms with Gasteiger partial charge in [-0.25, -0.2) is 4.57 Å². The van der Waals surface area contributed by atoms with Crippen molar-refractivity contribution in [2.75, 3.05) is 20.8 Å². The number of carbonyl (C=O) groups is 1. The number of Topliss-reactive ketones (excluding diaryl/α,β-unsaturated/α-hetero) is 1. The van der Waals surface area contributed by atoms with Crippen LogP contribution in [-0.2, 0) is 18.1 Å². The SMILES string of the molecule is COP(=O)(OC)OCC(=O)c1ccccc1. The van der Waals surface area contributed by atoms with Crippen molar-refractivity contribution in [1.82, 2.24) is 0 Å². The first-order chi connectivity index (χ1) is 7.61. The third-order valence-electron chi connectivity index (χ3n) is 1.90. The molecule has 88 valence electrons. The summed E-state index contributed by atoms with van der Waals surface area (Å²) in [6.45, 7) is -0.344. The highest BCUT2D eigenvalue weighted by Crippen LogP contribution is 2.47. The Kier molecular flexibility index (Phi) is 4.83. The fraction of sp³-hybridized carbons (Fsp3) is 0.300. The van der Waals surface area contributed by atoms with Gasteiger partial charge in [0.25, 0.3) is 0 Å². The van der Waals surface area contributed by atoms with Crippen LogP contribution in [0.5, 0.6) is 0 Å². The number of carbonyl (C=O) groups excluding carboxylic acids is 1. The third-order valence-corrected chi connectivity index (χ3v) is 3.24. The maximum absolute atomic E-state index is 11.6. The Morgan fingerprint density at radius 2 is 1.75 bits per heavy atom. The molecule has 1 aromatic carbocycles. The van der Waals surface area contributed by atoms with Crippen molar-refractivity contribution in [3.05, 3.63) is 35.9 Å². The van der Waals surface area contributed by atoms with Crippen LogP contribution in [-0.4, -0.2) is 26.6 Å². The molecular formula is C10H13O5P. The van der Waals surface area contributed by atoms with Gasteiger partial charge in [-0.3, -0.25) is 18.4 Å². The highest BCUT2D eigenvalue weighted by atomic mass is 31.2. The summed E-state index contributed by atoms with van der Waals surface area (Å²) in [5.74, 6) is -0.282. The molecule has 0 fully saturated rings. The molecule has 1 aromatic rings. The van der Waals surface area contributed by atoms with Crippen LogP contribution in [0.3, 0.4) is 0 Å². The maximum atomic E-state index is 11.6. The fourth-order valence-corrected chi connectivity index (χ4v) is 1.66. The summed E-state index contributed by atoms with van der Waals surface area (Å²) in [7, 11) is -1.19. The van der Waals surface area contributed by atoms with E-state index in [9.17, 15) is 9.36 Å². The lowest BCUT2D eigenvalue weighted by Crippen LogP contribution is -2.08. The molecule has 0 spiro atoms. The van der Waals surface area contributed by atoms with Crippen LogP contribution in [0.25, 0.3) is 0 Å². The molecule has 6 heteroatoms. The molecule has 0 saturated heterocycles. The molecule has 0 N–H and O–H groups in total. The fourth-order valence-electron chi connectivity index (χ4n) is 1.03. The second kappa shape index (κ2) is 5.92. The third kappa shape index (κ3) is 3.54. The highest BCUT2D eigenvalue weighted by Gasteiger charge is 2.24. The van der Waals surface area contributed by atoms with E-state index in [4.69, 9.17) is 4.52 Å². The van der Waals surface area contributed by atoms with E-state index in [1.54, 1.807) is 30.3 Å². The molecule has 0 aliphatic heterocycles. The monoisotopic (exact) mass is 244 g/mol. The predicted octanol–water partition coefficient (Wildman–Crippen LogP) is 2.29. The summed E-state index contributed by atoms with van der Waals surface area (Å²) in [6, 6.07) is 8.57. The highest BCUT2D eigenvalue weighted by molar-refractivity contribution is 7.48. The van der Waals surface area contributed by atoms with Gasteiger partial charge in [0.05, 0.1) is 0 Å². The number of phosphoric acid groups is 1. The Labute approximate surface area is 93.9 Å². The first-order valence-electron chi connectivity index (χ1n) is 4.55. The smallest absolute Gasteiger partial charge is 0.292 e. The van der Waals surface area contributed by atoms with Crippen molar-refractivity contribution in [3.8, 4) is 0 Å². The van der Waals surface area contributed by atoms with Crippen LogP contribution < -0.4 is 0 Å². The van der Waals surface area contributed by atoms with Crippen molar-refractivity contribution >= 4 is 13.6 Å². The lowest BCUT2D eigenvalue weighted by Gasteiger charge is -2.12. The minimum Gasteiger partial charge on any atom is -0.292 e. The van der Waals surface area contributed by atoms with Crippen molar-refractivity contribution in [1.29, 1.82) is 0 Å². The van der Waals surface area contributed by atoms with E-state index in [0.717, 1.165) is 0 Å². The Morgan fingerprint density at radius 1 is 1.19 bits per heavy atom. The van der Waals surface area contributed by atoms with E-state index in [1.165, 1.54) is 14.2 Å². The predicted molar refractivity (Wildman–Crippen MR) is 58.3 cm³/mol. The number of hydrogen-bond donors (Lipinski definition) is 0. The Morgan fingerprint density at radius 3 is 2.25 bits per heavy atom. The zero-order valence-corrected chi connectivity index (χ0v) is 9.98. The van der Waals surface area contributed by atoms with Crippen molar-refractivity contribution in [2.45, 2.75) is 0 Å². The summed E-state index contributed by atoms with van der Waals surface area (Å²) in [4.78, 5) is 11.6. The number of phosphoric ester groups is 1. The van der Waals surface area contributed by atoms with E-state index >= 15 is 0 Å². The zero-order valence-electron chi connectivity index (χ0n) is 9.08. The van der Waals surface area contributed by atoms with Gasteiger partial charge < -0.3 is 0 Å². The molecule has 0 aliphatic rings. The Balaban J connectivity index is 2.57. The number of ketones is 1. The summed E-state index contributed by atoms with van der Waals surface area (Å²) in [5.41, 5.74) is 0.487. The van der Waals surface area contributed by atoms with Gasteiger partial charge in [-0.2, -0.15) is 0 Å². The summed E-state index contributed by atoms with van der Waals surface area (Å²) in [6.07, 6.45) is 0. The van der Waals surface area contributed by atoms with E-state index in [0.29, 0.717) is 5.56 Å². The summed E-state index contributed by atoms with van der Waals surface area (Å²) in [5, 5.41) is 0. The second-order valence-electron chi connectivity index (χ2n) is 2.88. The van der Waals surface area contributed by atoms with E-state index in [1.807, 2.05) is 0 Å². The van der Waals surface area contributed by atoms with Crippen LogP contribution in [0, 0.1) is 0 Å². The molecule has 0 atom stereocenters. The van der Waals surface area contributed by atoms with Crippen LogP contribution in [0.1, 0.15) is 10.4 Å². The van der Waals surface area contributed by atoms with E-state index in [-0.39, 0.29) is 12.4 Å². The average molecular weight is 244 g/mol. The normalized spacial score (nSPS) is 11.4. The molecule has 0 amide bonds. The van der Waals surface area contributed by atoms with Crippen LogP contribution >= 0.6 is 7.82 Å². The lowest BCUT2D eigenvalue weighted by atomic mass is 10.1. The molecule has 0 unspecified atom stereocenters. The molecule has 1 rings (SSSR count). The number of benzene rings is 1. The molecule has 0 radical (unpaired) electrons. The molecule has 0 heterocycles. The van der Waals surface area contributed by atoms with Crippen molar-refractivity contribution in [3.63, 3.8) is 0 Å². The average Bonchev–Trinajstić information content (AvgIpc) is 2.36.